The second-order valence-corrected chi connectivity index (χ2v) is 9.34. The zero-order valence-corrected chi connectivity index (χ0v) is 17.1. The van der Waals surface area contributed by atoms with E-state index in [-0.39, 0.29) is 25.0 Å². The van der Waals surface area contributed by atoms with Crippen LogP contribution in [0.15, 0.2) is 47.4 Å². The summed E-state index contributed by atoms with van der Waals surface area (Å²) in [5.74, 6) is -2.97. The Balaban J connectivity index is 1.68. The van der Waals surface area contributed by atoms with Gasteiger partial charge in [-0.1, -0.05) is 12.1 Å². The molecule has 0 amide bonds. The zero-order valence-electron chi connectivity index (χ0n) is 16.3. The van der Waals surface area contributed by atoms with Crippen molar-refractivity contribution in [3.05, 3.63) is 52.9 Å². The van der Waals surface area contributed by atoms with Gasteiger partial charge in [-0.15, -0.1) is 0 Å². The largest absolute Gasteiger partial charge is 0.493 e. The van der Waals surface area contributed by atoms with Crippen LogP contribution in [-0.2, 0) is 17.1 Å². The molecule has 2 atom stereocenters. The fraction of sp³-hybridized carbons (Fsp3) is 0.450. The van der Waals surface area contributed by atoms with Crippen molar-refractivity contribution in [3.8, 4) is 16.9 Å². The molecule has 0 radical (unpaired) electrons. The maximum atomic E-state index is 13.8. The van der Waals surface area contributed by atoms with E-state index in [1.54, 1.807) is 37.5 Å². The van der Waals surface area contributed by atoms with Crippen molar-refractivity contribution in [1.82, 2.24) is 9.29 Å². The number of sulfonamides is 1. The van der Waals surface area contributed by atoms with Crippen molar-refractivity contribution < 1.29 is 21.9 Å². The highest BCUT2D eigenvalue weighted by Gasteiger charge is 2.42. The van der Waals surface area contributed by atoms with Gasteiger partial charge in [-0.05, 0) is 35.7 Å². The van der Waals surface area contributed by atoms with Crippen molar-refractivity contribution >= 4 is 10.0 Å². The standard InChI is InChI=1S/C20H24F2N2O4S/c1-24-10-8-15(11-19(24)25)14-3-5-17(6-4-14)28-13-16-12-20(21,22)9-7-18(16)23-29(2,26)27/h3-6,8,10-11,16,18,23H,7,9,12-13H2,1-2H3/t16-,18+/m1/s1. The van der Waals surface area contributed by atoms with E-state index in [0.29, 0.717) is 5.75 Å². The highest BCUT2D eigenvalue weighted by atomic mass is 32.2. The predicted molar refractivity (Wildman–Crippen MR) is 107 cm³/mol. The number of aryl methyl sites for hydroxylation is 1. The van der Waals surface area contributed by atoms with Gasteiger partial charge in [-0.3, -0.25) is 4.79 Å². The van der Waals surface area contributed by atoms with Crippen LogP contribution < -0.4 is 15.0 Å². The lowest BCUT2D eigenvalue weighted by Gasteiger charge is -2.35. The molecule has 0 spiro atoms. The monoisotopic (exact) mass is 426 g/mol. The molecule has 0 bridgehead atoms. The fourth-order valence-corrected chi connectivity index (χ4v) is 4.37. The van der Waals surface area contributed by atoms with Gasteiger partial charge in [0.2, 0.25) is 15.9 Å². The maximum absolute atomic E-state index is 13.8. The number of nitrogens with one attached hydrogen (secondary N) is 1. The minimum absolute atomic E-state index is 0.0198. The first-order chi connectivity index (χ1) is 13.5. The number of rotatable bonds is 6. The lowest BCUT2D eigenvalue weighted by atomic mass is 9.83. The van der Waals surface area contributed by atoms with Gasteiger partial charge in [-0.2, -0.15) is 0 Å². The normalized spacial score (nSPS) is 21.7. The Hall–Kier alpha value is -2.26. The molecule has 2 aromatic rings. The number of aromatic nitrogens is 1. The van der Waals surface area contributed by atoms with Gasteiger partial charge in [0.1, 0.15) is 5.75 Å². The molecule has 158 valence electrons. The lowest BCUT2D eigenvalue weighted by molar-refractivity contribution is -0.0660. The molecule has 6 nitrogen and oxygen atoms in total. The maximum Gasteiger partial charge on any atom is 0.250 e. The Kier molecular flexibility index (Phi) is 6.09. The van der Waals surface area contributed by atoms with E-state index >= 15 is 0 Å². The zero-order chi connectivity index (χ0) is 21.2. The average Bonchev–Trinajstić information content (AvgIpc) is 2.63. The first-order valence-electron chi connectivity index (χ1n) is 9.27. The second-order valence-electron chi connectivity index (χ2n) is 7.56. The third kappa shape index (κ3) is 5.86. The summed E-state index contributed by atoms with van der Waals surface area (Å²) in [5, 5.41) is 0. The number of ether oxygens (including phenoxy) is 1. The van der Waals surface area contributed by atoms with Crippen LogP contribution in [-0.4, -0.2) is 37.8 Å². The van der Waals surface area contributed by atoms with Crippen molar-refractivity contribution in [1.29, 1.82) is 0 Å². The number of hydrogen-bond donors (Lipinski definition) is 1. The molecule has 0 aliphatic heterocycles. The van der Waals surface area contributed by atoms with E-state index in [9.17, 15) is 22.0 Å². The second kappa shape index (κ2) is 8.23. The van der Waals surface area contributed by atoms with E-state index in [1.165, 1.54) is 10.6 Å². The summed E-state index contributed by atoms with van der Waals surface area (Å²) in [4.78, 5) is 11.8. The van der Waals surface area contributed by atoms with Crippen molar-refractivity contribution in [2.45, 2.75) is 31.2 Å². The van der Waals surface area contributed by atoms with E-state index in [0.717, 1.165) is 17.4 Å². The van der Waals surface area contributed by atoms with Crippen LogP contribution in [0.5, 0.6) is 5.75 Å². The van der Waals surface area contributed by atoms with Gasteiger partial charge >= 0.3 is 0 Å². The quantitative estimate of drug-likeness (QED) is 0.771. The molecule has 1 aromatic carbocycles. The Morgan fingerprint density at radius 1 is 1.21 bits per heavy atom. The minimum atomic E-state index is -3.50. The molecule has 3 rings (SSSR count). The summed E-state index contributed by atoms with van der Waals surface area (Å²) in [7, 11) is -1.83. The molecule has 1 saturated carbocycles. The number of halogens is 2. The molecule has 1 aliphatic carbocycles. The molecular weight excluding hydrogens is 402 g/mol. The van der Waals surface area contributed by atoms with Gasteiger partial charge in [0.15, 0.2) is 0 Å². The van der Waals surface area contributed by atoms with Crippen LogP contribution in [0.4, 0.5) is 8.78 Å². The molecule has 0 unspecified atom stereocenters. The van der Waals surface area contributed by atoms with Crippen molar-refractivity contribution in [2.75, 3.05) is 12.9 Å². The lowest BCUT2D eigenvalue weighted by Crippen LogP contribution is -2.48. The topological polar surface area (TPSA) is 77.4 Å². The van der Waals surface area contributed by atoms with Gasteiger partial charge < -0.3 is 9.30 Å². The molecule has 1 fully saturated rings. The van der Waals surface area contributed by atoms with E-state index in [2.05, 4.69) is 4.72 Å². The summed E-state index contributed by atoms with van der Waals surface area (Å²) in [5.41, 5.74) is 1.48. The molecule has 9 heteroatoms. The number of pyridine rings is 1. The summed E-state index contributed by atoms with van der Waals surface area (Å²) < 4.78 is 60.3. The van der Waals surface area contributed by atoms with Gasteiger partial charge in [0.05, 0.1) is 12.9 Å². The van der Waals surface area contributed by atoms with Gasteiger partial charge in [-0.25, -0.2) is 21.9 Å². The first kappa shape index (κ1) is 21.4. The smallest absolute Gasteiger partial charge is 0.250 e. The Morgan fingerprint density at radius 3 is 2.52 bits per heavy atom. The Bertz CT molecular complexity index is 1020. The molecule has 1 heterocycles. The molecular formula is C20H24F2N2O4S. The molecule has 0 saturated heterocycles. The van der Waals surface area contributed by atoms with Crippen LogP contribution in [0.2, 0.25) is 0 Å². The van der Waals surface area contributed by atoms with E-state index in [4.69, 9.17) is 4.74 Å². The third-order valence-corrected chi connectivity index (χ3v) is 5.80. The molecule has 29 heavy (non-hydrogen) atoms. The summed E-state index contributed by atoms with van der Waals surface area (Å²) in [6.45, 7) is -0.0198. The SMILES string of the molecule is Cn1ccc(-c2ccc(OC[C@H]3CC(F)(F)CC[C@@H]3NS(C)(=O)=O)cc2)cc1=O. The van der Waals surface area contributed by atoms with Crippen LogP contribution in [0, 0.1) is 5.92 Å². The third-order valence-electron chi connectivity index (χ3n) is 5.07. The van der Waals surface area contributed by atoms with Crippen LogP contribution >= 0.6 is 0 Å². The minimum Gasteiger partial charge on any atom is -0.493 e. The van der Waals surface area contributed by atoms with Crippen LogP contribution in [0.1, 0.15) is 19.3 Å². The van der Waals surface area contributed by atoms with Crippen molar-refractivity contribution in [2.24, 2.45) is 13.0 Å². The van der Waals surface area contributed by atoms with Crippen LogP contribution in [0.25, 0.3) is 11.1 Å². The number of hydrogen-bond acceptors (Lipinski definition) is 4. The van der Waals surface area contributed by atoms with E-state index < -0.39 is 34.3 Å². The van der Waals surface area contributed by atoms with Gasteiger partial charge in [0, 0.05) is 44.1 Å². The average molecular weight is 426 g/mol. The highest BCUT2D eigenvalue weighted by molar-refractivity contribution is 7.88. The number of alkyl halides is 2. The predicted octanol–water partition coefficient (Wildman–Crippen LogP) is 2.78. The molecule has 1 aliphatic rings. The fourth-order valence-electron chi connectivity index (χ4n) is 3.51. The summed E-state index contributed by atoms with van der Waals surface area (Å²) >= 11 is 0. The Morgan fingerprint density at radius 2 is 1.90 bits per heavy atom. The van der Waals surface area contributed by atoms with Crippen LogP contribution in [0.3, 0.4) is 0 Å². The summed E-state index contributed by atoms with van der Waals surface area (Å²) in [6.07, 6.45) is 2.00. The molecule has 1 aromatic heterocycles. The summed E-state index contributed by atoms with van der Waals surface area (Å²) in [6, 6.07) is 9.74. The highest BCUT2D eigenvalue weighted by Crippen LogP contribution is 2.37. The number of benzene rings is 1. The van der Waals surface area contributed by atoms with Gasteiger partial charge in [0.25, 0.3) is 5.56 Å². The molecule has 1 N–H and O–H groups in total. The number of nitrogens with zero attached hydrogens (tertiary/aromatic N) is 1. The van der Waals surface area contributed by atoms with E-state index in [1.807, 2.05) is 6.07 Å². The first-order valence-corrected chi connectivity index (χ1v) is 11.2. The Labute approximate surface area is 168 Å². The van der Waals surface area contributed by atoms with Crippen molar-refractivity contribution in [3.63, 3.8) is 0 Å².